The SMILES string of the molecule is CCOc1ccc(N=C2SCC(=O)N2C)cc1. The van der Waals surface area contributed by atoms with Gasteiger partial charge in [0, 0.05) is 7.05 Å². The Morgan fingerprint density at radius 2 is 2.12 bits per heavy atom. The maximum Gasteiger partial charge on any atom is 0.238 e. The van der Waals surface area contributed by atoms with Crippen LogP contribution in [0.15, 0.2) is 29.3 Å². The summed E-state index contributed by atoms with van der Waals surface area (Å²) < 4.78 is 5.35. The molecule has 1 aliphatic rings. The molecule has 17 heavy (non-hydrogen) atoms. The Hall–Kier alpha value is -1.49. The van der Waals surface area contributed by atoms with E-state index in [1.54, 1.807) is 11.9 Å². The number of thioether (sulfide) groups is 1. The summed E-state index contributed by atoms with van der Waals surface area (Å²) in [5.41, 5.74) is 0.831. The predicted molar refractivity (Wildman–Crippen MR) is 69.9 cm³/mol. The molecule has 1 heterocycles. The third-order valence-corrected chi connectivity index (χ3v) is 3.37. The summed E-state index contributed by atoms with van der Waals surface area (Å²) in [5, 5.41) is 0.749. The Kier molecular flexibility index (Phi) is 3.68. The minimum Gasteiger partial charge on any atom is -0.494 e. The first-order valence-corrected chi connectivity index (χ1v) is 6.40. The van der Waals surface area contributed by atoms with Gasteiger partial charge in [0.05, 0.1) is 18.0 Å². The molecule has 0 bridgehead atoms. The van der Waals surface area contributed by atoms with Gasteiger partial charge in [-0.05, 0) is 31.2 Å². The molecule has 0 atom stereocenters. The normalized spacial score (nSPS) is 17.9. The molecule has 0 radical (unpaired) electrons. The van der Waals surface area contributed by atoms with Crippen molar-refractivity contribution in [2.24, 2.45) is 4.99 Å². The van der Waals surface area contributed by atoms with Gasteiger partial charge in [-0.1, -0.05) is 11.8 Å². The van der Waals surface area contributed by atoms with Crippen molar-refractivity contribution in [1.82, 2.24) is 4.90 Å². The zero-order valence-electron chi connectivity index (χ0n) is 9.84. The molecule has 4 nitrogen and oxygen atoms in total. The molecular weight excluding hydrogens is 236 g/mol. The van der Waals surface area contributed by atoms with Crippen molar-refractivity contribution < 1.29 is 9.53 Å². The fourth-order valence-electron chi connectivity index (χ4n) is 1.43. The number of amides is 1. The van der Waals surface area contributed by atoms with E-state index >= 15 is 0 Å². The Morgan fingerprint density at radius 1 is 1.41 bits per heavy atom. The molecule has 0 N–H and O–H groups in total. The monoisotopic (exact) mass is 250 g/mol. The summed E-state index contributed by atoms with van der Waals surface area (Å²) in [6.07, 6.45) is 0. The van der Waals surface area contributed by atoms with E-state index < -0.39 is 0 Å². The summed E-state index contributed by atoms with van der Waals surface area (Å²) >= 11 is 1.46. The summed E-state index contributed by atoms with van der Waals surface area (Å²) in [6.45, 7) is 2.60. The van der Waals surface area contributed by atoms with Gasteiger partial charge in [0.15, 0.2) is 5.17 Å². The van der Waals surface area contributed by atoms with Gasteiger partial charge in [-0.2, -0.15) is 0 Å². The van der Waals surface area contributed by atoms with Crippen LogP contribution in [0.2, 0.25) is 0 Å². The van der Waals surface area contributed by atoms with Gasteiger partial charge in [-0.3, -0.25) is 9.69 Å². The molecule has 1 aliphatic heterocycles. The Bertz CT molecular complexity index is 442. The second-order valence-electron chi connectivity index (χ2n) is 3.56. The van der Waals surface area contributed by atoms with Gasteiger partial charge in [0.25, 0.3) is 0 Å². The van der Waals surface area contributed by atoms with E-state index in [1.165, 1.54) is 11.8 Å². The largest absolute Gasteiger partial charge is 0.494 e. The number of hydrogen-bond donors (Lipinski definition) is 0. The summed E-state index contributed by atoms with van der Waals surface area (Å²) in [5.74, 6) is 1.41. The van der Waals surface area contributed by atoms with Gasteiger partial charge in [-0.25, -0.2) is 4.99 Å². The molecule has 5 heteroatoms. The lowest BCUT2D eigenvalue weighted by atomic mass is 10.3. The van der Waals surface area contributed by atoms with Crippen LogP contribution < -0.4 is 4.74 Å². The zero-order valence-corrected chi connectivity index (χ0v) is 10.7. The fraction of sp³-hybridized carbons (Fsp3) is 0.333. The van der Waals surface area contributed by atoms with Crippen LogP contribution >= 0.6 is 11.8 Å². The van der Waals surface area contributed by atoms with Crippen LogP contribution in [0.25, 0.3) is 0 Å². The molecule has 90 valence electrons. The standard InChI is InChI=1S/C12H14N2O2S/c1-3-16-10-6-4-9(5-7-10)13-12-14(2)11(15)8-17-12/h4-7H,3,8H2,1-2H3. The van der Waals surface area contributed by atoms with Crippen LogP contribution in [0.3, 0.4) is 0 Å². The number of carbonyl (C=O) groups is 1. The molecule has 1 aromatic carbocycles. The Balaban J connectivity index is 2.13. The van der Waals surface area contributed by atoms with Crippen LogP contribution in [0.4, 0.5) is 5.69 Å². The van der Waals surface area contributed by atoms with E-state index in [0.717, 1.165) is 16.6 Å². The van der Waals surface area contributed by atoms with Crippen LogP contribution in [0.5, 0.6) is 5.75 Å². The topological polar surface area (TPSA) is 41.9 Å². The van der Waals surface area contributed by atoms with Crippen LogP contribution in [0.1, 0.15) is 6.92 Å². The molecule has 2 rings (SSSR count). The molecule has 0 unspecified atom stereocenters. The fourth-order valence-corrected chi connectivity index (χ4v) is 2.34. The number of benzene rings is 1. The number of rotatable bonds is 3. The zero-order chi connectivity index (χ0) is 12.3. The Labute approximate surface area is 105 Å². The maximum atomic E-state index is 11.3. The van der Waals surface area contributed by atoms with Crippen molar-refractivity contribution in [3.8, 4) is 5.75 Å². The van der Waals surface area contributed by atoms with Crippen LogP contribution in [-0.2, 0) is 4.79 Å². The first kappa shape index (κ1) is 12.0. The molecule has 1 amide bonds. The highest BCUT2D eigenvalue weighted by Crippen LogP contribution is 2.24. The van der Waals surface area contributed by atoms with Crippen molar-refractivity contribution in [3.63, 3.8) is 0 Å². The van der Waals surface area contributed by atoms with E-state index in [0.29, 0.717) is 12.4 Å². The van der Waals surface area contributed by atoms with Crippen molar-refractivity contribution in [3.05, 3.63) is 24.3 Å². The number of amidine groups is 1. The third-order valence-electron chi connectivity index (χ3n) is 2.36. The van der Waals surface area contributed by atoms with Crippen molar-refractivity contribution in [2.45, 2.75) is 6.92 Å². The van der Waals surface area contributed by atoms with Gasteiger partial charge < -0.3 is 4.74 Å². The van der Waals surface area contributed by atoms with Crippen molar-refractivity contribution in [1.29, 1.82) is 0 Å². The molecule has 0 aromatic heterocycles. The van der Waals surface area contributed by atoms with Crippen LogP contribution in [0, 0.1) is 0 Å². The third kappa shape index (κ3) is 2.79. The number of carbonyl (C=O) groups excluding carboxylic acids is 1. The highest BCUT2D eigenvalue weighted by molar-refractivity contribution is 8.15. The van der Waals surface area contributed by atoms with Gasteiger partial charge in [-0.15, -0.1) is 0 Å². The van der Waals surface area contributed by atoms with Gasteiger partial charge in [0.2, 0.25) is 5.91 Å². The Morgan fingerprint density at radius 3 is 2.65 bits per heavy atom. The van der Waals surface area contributed by atoms with E-state index in [4.69, 9.17) is 4.74 Å². The second-order valence-corrected chi connectivity index (χ2v) is 4.51. The highest BCUT2D eigenvalue weighted by Gasteiger charge is 2.23. The molecule has 0 aliphatic carbocycles. The number of nitrogens with zero attached hydrogens (tertiary/aromatic N) is 2. The predicted octanol–water partition coefficient (Wildman–Crippen LogP) is 2.28. The van der Waals surface area contributed by atoms with Gasteiger partial charge in [0.1, 0.15) is 5.75 Å². The second kappa shape index (κ2) is 5.23. The quantitative estimate of drug-likeness (QED) is 0.826. The summed E-state index contributed by atoms with van der Waals surface area (Å²) in [7, 11) is 1.75. The highest BCUT2D eigenvalue weighted by atomic mass is 32.2. The number of ether oxygens (including phenoxy) is 1. The average molecular weight is 250 g/mol. The van der Waals surface area contributed by atoms with Crippen molar-refractivity contribution in [2.75, 3.05) is 19.4 Å². The molecule has 0 saturated carbocycles. The summed E-state index contributed by atoms with van der Waals surface area (Å²) in [4.78, 5) is 17.3. The minimum atomic E-state index is 0.0969. The molecule has 1 fully saturated rings. The van der Waals surface area contributed by atoms with Crippen molar-refractivity contribution >= 4 is 28.5 Å². The molecule has 1 aromatic rings. The van der Waals surface area contributed by atoms with E-state index in [2.05, 4.69) is 4.99 Å². The minimum absolute atomic E-state index is 0.0969. The summed E-state index contributed by atoms with van der Waals surface area (Å²) in [6, 6.07) is 7.53. The smallest absolute Gasteiger partial charge is 0.238 e. The first-order valence-electron chi connectivity index (χ1n) is 5.41. The lowest BCUT2D eigenvalue weighted by molar-refractivity contribution is -0.123. The van der Waals surface area contributed by atoms with E-state index in [9.17, 15) is 4.79 Å². The van der Waals surface area contributed by atoms with Crippen LogP contribution in [-0.4, -0.2) is 35.4 Å². The number of hydrogen-bond acceptors (Lipinski definition) is 4. The molecule has 0 spiro atoms. The molecule has 1 saturated heterocycles. The first-order chi connectivity index (χ1) is 8.20. The lowest BCUT2D eigenvalue weighted by Crippen LogP contribution is -2.24. The maximum absolute atomic E-state index is 11.3. The number of aliphatic imine (C=N–C) groups is 1. The average Bonchev–Trinajstić information content (AvgIpc) is 2.64. The lowest BCUT2D eigenvalue weighted by Gasteiger charge is -2.08. The van der Waals surface area contributed by atoms with E-state index in [-0.39, 0.29) is 5.91 Å². The molecular formula is C12H14N2O2S. The van der Waals surface area contributed by atoms with E-state index in [1.807, 2.05) is 31.2 Å². The van der Waals surface area contributed by atoms with Gasteiger partial charge >= 0.3 is 0 Å².